The Bertz CT molecular complexity index is 397. The first-order valence-corrected chi connectivity index (χ1v) is 4.84. The summed E-state index contributed by atoms with van der Waals surface area (Å²) in [4.78, 5) is 10.8. The Kier molecular flexibility index (Phi) is 2.98. The number of carbonyl (C=O) groups is 1. The third kappa shape index (κ3) is 2.46. The van der Waals surface area contributed by atoms with Crippen LogP contribution in [-0.2, 0) is 5.41 Å². The van der Waals surface area contributed by atoms with Crippen molar-refractivity contribution in [2.45, 2.75) is 26.2 Å². The molecule has 0 atom stereocenters. The molecule has 1 rings (SSSR count). The highest BCUT2D eigenvalue weighted by molar-refractivity contribution is 5.90. The van der Waals surface area contributed by atoms with Gasteiger partial charge in [-0.05, 0) is 16.5 Å². The van der Waals surface area contributed by atoms with E-state index in [9.17, 15) is 9.90 Å². The lowest BCUT2D eigenvalue weighted by atomic mass is 9.85. The molecule has 0 N–H and O–H groups in total. The number of carboxylic acid groups (broad SMARTS) is 1. The third-order valence-electron chi connectivity index (χ3n) is 2.36. The van der Waals surface area contributed by atoms with Crippen molar-refractivity contribution in [3.8, 4) is 0 Å². The highest BCUT2D eigenvalue weighted by Gasteiger charge is 2.14. The molecule has 1 aromatic rings. The van der Waals surface area contributed by atoms with Gasteiger partial charge in [0, 0.05) is 5.56 Å². The standard InChI is InChI=1S/C13H16O2/c1-5-9-8-10(13(2,3)4)6-7-11(9)12(14)15/h5-8H,1H2,2-4H3,(H,14,15)/p-1. The molecule has 0 aromatic heterocycles. The van der Waals surface area contributed by atoms with Crippen LogP contribution in [0.4, 0.5) is 0 Å². The highest BCUT2D eigenvalue weighted by Crippen LogP contribution is 2.24. The number of hydrogen-bond acceptors (Lipinski definition) is 2. The molecule has 0 aliphatic rings. The largest absolute Gasteiger partial charge is 0.545 e. The van der Waals surface area contributed by atoms with Gasteiger partial charge in [-0.15, -0.1) is 0 Å². The van der Waals surface area contributed by atoms with Crippen LogP contribution in [0.3, 0.4) is 0 Å². The number of hydrogen-bond donors (Lipinski definition) is 0. The smallest absolute Gasteiger partial charge is 0.0721 e. The number of carboxylic acids is 1. The fraction of sp³-hybridized carbons (Fsp3) is 0.308. The summed E-state index contributed by atoms with van der Waals surface area (Å²) in [5.41, 5.74) is 1.89. The Balaban J connectivity index is 3.31. The zero-order chi connectivity index (χ0) is 11.6. The Hall–Kier alpha value is -1.57. The number of rotatable bonds is 2. The van der Waals surface area contributed by atoms with Crippen molar-refractivity contribution in [1.82, 2.24) is 0 Å². The van der Waals surface area contributed by atoms with E-state index in [0.29, 0.717) is 5.56 Å². The normalized spacial score (nSPS) is 11.1. The predicted molar refractivity (Wildman–Crippen MR) is 59.6 cm³/mol. The van der Waals surface area contributed by atoms with Gasteiger partial charge in [0.25, 0.3) is 0 Å². The molecule has 2 heteroatoms. The summed E-state index contributed by atoms with van der Waals surface area (Å²) in [7, 11) is 0. The molecule has 0 radical (unpaired) electrons. The van der Waals surface area contributed by atoms with E-state index in [1.165, 1.54) is 0 Å². The fourth-order valence-corrected chi connectivity index (χ4v) is 1.38. The lowest BCUT2D eigenvalue weighted by Crippen LogP contribution is -2.23. The molecule has 0 bridgehead atoms. The second kappa shape index (κ2) is 3.89. The van der Waals surface area contributed by atoms with Crippen LogP contribution in [0.25, 0.3) is 6.08 Å². The maximum Gasteiger partial charge on any atom is 0.0721 e. The predicted octanol–water partition coefficient (Wildman–Crippen LogP) is 1.99. The van der Waals surface area contributed by atoms with Crippen molar-refractivity contribution in [1.29, 1.82) is 0 Å². The summed E-state index contributed by atoms with van der Waals surface area (Å²) in [6, 6.07) is 5.24. The molecule has 0 fully saturated rings. The zero-order valence-corrected chi connectivity index (χ0v) is 9.33. The SMILES string of the molecule is C=Cc1cc(C(C)(C)C)ccc1C(=O)[O-]. The molecular formula is C13H15O2-. The van der Waals surface area contributed by atoms with E-state index in [2.05, 4.69) is 27.4 Å². The molecule has 0 aliphatic heterocycles. The summed E-state index contributed by atoms with van der Waals surface area (Å²) in [6.45, 7) is 9.84. The van der Waals surface area contributed by atoms with Gasteiger partial charge in [0.15, 0.2) is 0 Å². The number of benzene rings is 1. The third-order valence-corrected chi connectivity index (χ3v) is 2.36. The molecule has 1 aromatic carbocycles. The van der Waals surface area contributed by atoms with Gasteiger partial charge in [0.1, 0.15) is 0 Å². The molecular weight excluding hydrogens is 188 g/mol. The Morgan fingerprint density at radius 2 is 2.00 bits per heavy atom. The van der Waals surface area contributed by atoms with Gasteiger partial charge in [-0.2, -0.15) is 0 Å². The lowest BCUT2D eigenvalue weighted by molar-refractivity contribution is -0.255. The van der Waals surface area contributed by atoms with Gasteiger partial charge in [-0.25, -0.2) is 0 Å². The molecule has 0 amide bonds. The average Bonchev–Trinajstić information content (AvgIpc) is 2.15. The van der Waals surface area contributed by atoms with Gasteiger partial charge in [-0.1, -0.05) is 51.6 Å². The molecule has 80 valence electrons. The van der Waals surface area contributed by atoms with Crippen LogP contribution in [0.5, 0.6) is 0 Å². The van der Waals surface area contributed by atoms with Crippen LogP contribution in [0.2, 0.25) is 0 Å². The summed E-state index contributed by atoms with van der Waals surface area (Å²) in [5.74, 6) is -1.16. The number of carbonyl (C=O) groups excluding carboxylic acids is 1. The minimum atomic E-state index is -1.16. The lowest BCUT2D eigenvalue weighted by Gasteiger charge is -2.20. The van der Waals surface area contributed by atoms with Crippen molar-refractivity contribution in [3.63, 3.8) is 0 Å². The van der Waals surface area contributed by atoms with Gasteiger partial charge >= 0.3 is 0 Å². The Morgan fingerprint density at radius 3 is 2.40 bits per heavy atom. The quantitative estimate of drug-likeness (QED) is 0.737. The Labute approximate surface area is 90.3 Å². The highest BCUT2D eigenvalue weighted by atomic mass is 16.4. The van der Waals surface area contributed by atoms with Gasteiger partial charge in [0.2, 0.25) is 0 Å². The number of aromatic carboxylic acids is 1. The monoisotopic (exact) mass is 203 g/mol. The molecule has 0 unspecified atom stereocenters. The van der Waals surface area contributed by atoms with Gasteiger partial charge < -0.3 is 9.90 Å². The minimum Gasteiger partial charge on any atom is -0.545 e. The van der Waals surface area contributed by atoms with Crippen molar-refractivity contribution in [3.05, 3.63) is 41.5 Å². The minimum absolute atomic E-state index is 0.00220. The van der Waals surface area contributed by atoms with Gasteiger partial charge in [0.05, 0.1) is 5.97 Å². The summed E-state index contributed by atoms with van der Waals surface area (Å²) in [5, 5.41) is 10.8. The molecule has 2 nitrogen and oxygen atoms in total. The van der Waals surface area contributed by atoms with Crippen LogP contribution >= 0.6 is 0 Å². The summed E-state index contributed by atoms with van der Waals surface area (Å²) >= 11 is 0. The van der Waals surface area contributed by atoms with E-state index in [1.54, 1.807) is 12.1 Å². The van der Waals surface area contributed by atoms with Crippen LogP contribution in [0.1, 0.15) is 42.3 Å². The van der Waals surface area contributed by atoms with Crippen molar-refractivity contribution in [2.24, 2.45) is 0 Å². The van der Waals surface area contributed by atoms with Crippen molar-refractivity contribution < 1.29 is 9.90 Å². The van der Waals surface area contributed by atoms with Crippen LogP contribution < -0.4 is 5.11 Å². The second-order valence-corrected chi connectivity index (χ2v) is 4.54. The second-order valence-electron chi connectivity index (χ2n) is 4.54. The maximum atomic E-state index is 10.8. The first kappa shape index (κ1) is 11.5. The van der Waals surface area contributed by atoms with E-state index in [-0.39, 0.29) is 11.0 Å². The van der Waals surface area contributed by atoms with Crippen LogP contribution in [-0.4, -0.2) is 5.97 Å². The molecule has 0 spiro atoms. The Morgan fingerprint density at radius 1 is 1.40 bits per heavy atom. The summed E-state index contributed by atoms with van der Waals surface area (Å²) in [6.07, 6.45) is 1.54. The van der Waals surface area contributed by atoms with E-state index >= 15 is 0 Å². The van der Waals surface area contributed by atoms with Gasteiger partial charge in [-0.3, -0.25) is 0 Å². The van der Waals surface area contributed by atoms with Crippen LogP contribution in [0, 0.1) is 0 Å². The molecule has 0 aliphatic carbocycles. The van der Waals surface area contributed by atoms with E-state index in [1.807, 2.05) is 12.1 Å². The molecule has 0 saturated carbocycles. The van der Waals surface area contributed by atoms with Crippen LogP contribution in [0.15, 0.2) is 24.8 Å². The zero-order valence-electron chi connectivity index (χ0n) is 9.33. The first-order chi connectivity index (χ1) is 6.86. The molecule has 15 heavy (non-hydrogen) atoms. The summed E-state index contributed by atoms with van der Waals surface area (Å²) < 4.78 is 0. The molecule has 0 saturated heterocycles. The van der Waals surface area contributed by atoms with E-state index in [0.717, 1.165) is 5.56 Å². The first-order valence-electron chi connectivity index (χ1n) is 4.84. The fourth-order valence-electron chi connectivity index (χ4n) is 1.38. The average molecular weight is 203 g/mol. The van der Waals surface area contributed by atoms with Crippen molar-refractivity contribution in [2.75, 3.05) is 0 Å². The topological polar surface area (TPSA) is 40.1 Å². The van der Waals surface area contributed by atoms with Crippen molar-refractivity contribution >= 4 is 12.0 Å². The van der Waals surface area contributed by atoms with E-state index < -0.39 is 5.97 Å². The molecule has 0 heterocycles. The van der Waals surface area contributed by atoms with E-state index in [4.69, 9.17) is 0 Å². The maximum absolute atomic E-state index is 10.8.